The van der Waals surface area contributed by atoms with Crippen molar-refractivity contribution < 1.29 is 17.9 Å². The maximum Gasteiger partial charge on any atom is 0.247 e. The molecule has 0 radical (unpaired) electrons. The van der Waals surface area contributed by atoms with E-state index >= 15 is 0 Å². The van der Waals surface area contributed by atoms with E-state index < -0.39 is 16.1 Å². The molecule has 1 unspecified atom stereocenters. The van der Waals surface area contributed by atoms with Gasteiger partial charge in [0.15, 0.2) is 5.13 Å². The number of anilines is 1. The zero-order chi connectivity index (χ0) is 25.9. The van der Waals surface area contributed by atoms with Crippen molar-refractivity contribution in [1.82, 2.24) is 14.2 Å². The molecular formula is C25H31ClN4O4S2. The molecule has 2 heterocycles. The van der Waals surface area contributed by atoms with E-state index in [1.165, 1.54) is 34.9 Å². The van der Waals surface area contributed by atoms with Gasteiger partial charge in [0.25, 0.3) is 0 Å². The van der Waals surface area contributed by atoms with E-state index in [2.05, 4.69) is 18.7 Å². The number of sulfonamides is 1. The fraction of sp³-hybridized carbons (Fsp3) is 0.440. The van der Waals surface area contributed by atoms with Crippen LogP contribution in [0.2, 0.25) is 5.02 Å². The molecule has 8 nitrogen and oxygen atoms in total. The highest BCUT2D eigenvalue weighted by molar-refractivity contribution is 7.89. The number of benzene rings is 2. The summed E-state index contributed by atoms with van der Waals surface area (Å²) in [5.74, 6) is 0.323. The van der Waals surface area contributed by atoms with Crippen LogP contribution in [0.1, 0.15) is 26.7 Å². The maximum absolute atomic E-state index is 14.0. The molecule has 2 aromatic carbocycles. The summed E-state index contributed by atoms with van der Waals surface area (Å²) in [5, 5.41) is 1.16. The zero-order valence-electron chi connectivity index (χ0n) is 20.7. The average molecular weight is 551 g/mol. The lowest BCUT2D eigenvalue weighted by molar-refractivity contribution is -0.121. The van der Waals surface area contributed by atoms with Crippen LogP contribution in [0.5, 0.6) is 5.75 Å². The second kappa shape index (κ2) is 11.4. The van der Waals surface area contributed by atoms with Crippen molar-refractivity contribution in [3.8, 4) is 5.75 Å². The molecule has 0 N–H and O–H groups in total. The van der Waals surface area contributed by atoms with Crippen molar-refractivity contribution in [3.63, 3.8) is 0 Å². The minimum absolute atomic E-state index is 0.146. The Hall–Kier alpha value is -2.24. The zero-order valence-corrected chi connectivity index (χ0v) is 23.1. The number of amides is 1. The Morgan fingerprint density at radius 2 is 1.89 bits per heavy atom. The number of thiazole rings is 1. The van der Waals surface area contributed by atoms with E-state index in [0.29, 0.717) is 48.4 Å². The van der Waals surface area contributed by atoms with Crippen LogP contribution in [0.3, 0.4) is 0 Å². The molecule has 0 spiro atoms. The lowest BCUT2D eigenvalue weighted by atomic mass is 10.2. The molecule has 1 fully saturated rings. The number of fused-ring (bicyclic) bond motifs is 1. The Labute approximate surface area is 221 Å². The SMILES string of the molecule is CCN(CC)CCN(C(=O)C1CCCN1S(=O)(=O)c1ccc(OC)cc1)c1nc2ccc(Cl)cc2s1. The minimum atomic E-state index is -3.86. The average Bonchev–Trinajstić information content (AvgIpc) is 3.54. The largest absolute Gasteiger partial charge is 0.497 e. The third-order valence-corrected chi connectivity index (χ3v) is 9.72. The number of nitrogens with zero attached hydrogens (tertiary/aromatic N) is 4. The minimum Gasteiger partial charge on any atom is -0.497 e. The molecule has 4 rings (SSSR count). The normalized spacial score (nSPS) is 16.6. The highest BCUT2D eigenvalue weighted by Crippen LogP contribution is 2.34. The number of rotatable bonds is 10. The molecule has 3 aromatic rings. The summed E-state index contributed by atoms with van der Waals surface area (Å²) in [6.45, 7) is 7.24. The van der Waals surface area contributed by atoms with Crippen molar-refractivity contribution in [2.45, 2.75) is 37.6 Å². The van der Waals surface area contributed by atoms with Crippen LogP contribution in [0, 0.1) is 0 Å². The Balaban J connectivity index is 1.66. The Morgan fingerprint density at radius 1 is 1.17 bits per heavy atom. The molecule has 0 aliphatic carbocycles. The molecule has 1 aliphatic rings. The van der Waals surface area contributed by atoms with Gasteiger partial charge in [0.2, 0.25) is 15.9 Å². The van der Waals surface area contributed by atoms with E-state index in [4.69, 9.17) is 21.3 Å². The van der Waals surface area contributed by atoms with Gasteiger partial charge in [0, 0.05) is 24.7 Å². The molecule has 1 atom stereocenters. The molecule has 11 heteroatoms. The monoisotopic (exact) mass is 550 g/mol. The molecule has 194 valence electrons. The Bertz CT molecular complexity index is 1310. The quantitative estimate of drug-likeness (QED) is 0.370. The highest BCUT2D eigenvalue weighted by atomic mass is 35.5. The van der Waals surface area contributed by atoms with Crippen molar-refractivity contribution >= 4 is 54.2 Å². The van der Waals surface area contributed by atoms with Crippen molar-refractivity contribution in [3.05, 3.63) is 47.5 Å². The second-order valence-electron chi connectivity index (χ2n) is 8.57. The third kappa shape index (κ3) is 5.52. The smallest absolute Gasteiger partial charge is 0.247 e. The van der Waals surface area contributed by atoms with Crippen LogP contribution in [-0.4, -0.2) is 74.4 Å². The molecule has 1 amide bonds. The maximum atomic E-state index is 14.0. The summed E-state index contributed by atoms with van der Waals surface area (Å²) in [6, 6.07) is 10.9. The first-order chi connectivity index (χ1) is 17.3. The van der Waals surface area contributed by atoms with Crippen LogP contribution in [0.4, 0.5) is 5.13 Å². The summed E-state index contributed by atoms with van der Waals surface area (Å²) < 4.78 is 34.4. The first-order valence-corrected chi connectivity index (χ1v) is 14.7. The molecular weight excluding hydrogens is 520 g/mol. The van der Waals surface area contributed by atoms with Crippen LogP contribution in [0.15, 0.2) is 47.4 Å². The Morgan fingerprint density at radius 3 is 2.56 bits per heavy atom. The molecule has 0 saturated carbocycles. The van der Waals surface area contributed by atoms with Gasteiger partial charge in [-0.3, -0.25) is 9.69 Å². The number of aromatic nitrogens is 1. The second-order valence-corrected chi connectivity index (χ2v) is 11.9. The van der Waals surface area contributed by atoms with E-state index in [1.54, 1.807) is 23.1 Å². The third-order valence-electron chi connectivity index (χ3n) is 6.53. The number of hydrogen-bond donors (Lipinski definition) is 0. The number of carbonyl (C=O) groups excluding carboxylic acids is 1. The Kier molecular flexibility index (Phi) is 8.52. The lowest BCUT2D eigenvalue weighted by Gasteiger charge is -2.30. The molecule has 1 aromatic heterocycles. The predicted octanol–water partition coefficient (Wildman–Crippen LogP) is 4.49. The topological polar surface area (TPSA) is 83.0 Å². The number of carbonyl (C=O) groups is 1. The van der Waals surface area contributed by atoms with Gasteiger partial charge in [-0.25, -0.2) is 13.4 Å². The first kappa shape index (κ1) is 26.8. The van der Waals surface area contributed by atoms with Crippen LogP contribution in [-0.2, 0) is 14.8 Å². The molecule has 1 saturated heterocycles. The predicted molar refractivity (Wildman–Crippen MR) is 145 cm³/mol. The number of methoxy groups -OCH3 is 1. The summed E-state index contributed by atoms with van der Waals surface area (Å²) in [6.07, 6.45) is 1.08. The molecule has 36 heavy (non-hydrogen) atoms. The number of hydrogen-bond acceptors (Lipinski definition) is 7. The van der Waals surface area contributed by atoms with E-state index in [-0.39, 0.29) is 10.8 Å². The van der Waals surface area contributed by atoms with Gasteiger partial charge in [-0.05, 0) is 68.4 Å². The van der Waals surface area contributed by atoms with Crippen molar-refractivity contribution in [2.24, 2.45) is 0 Å². The van der Waals surface area contributed by atoms with E-state index in [1.807, 2.05) is 12.1 Å². The molecule has 1 aliphatic heterocycles. The summed E-state index contributed by atoms with van der Waals surface area (Å²) in [4.78, 5) is 22.7. The van der Waals surface area contributed by atoms with Crippen molar-refractivity contribution in [1.29, 1.82) is 0 Å². The van der Waals surface area contributed by atoms with Gasteiger partial charge >= 0.3 is 0 Å². The van der Waals surface area contributed by atoms with E-state index in [0.717, 1.165) is 23.3 Å². The van der Waals surface area contributed by atoms with Crippen LogP contribution >= 0.6 is 22.9 Å². The number of halogens is 1. The van der Waals surface area contributed by atoms with Gasteiger partial charge in [-0.1, -0.05) is 36.8 Å². The number of likely N-dealkylation sites (N-methyl/N-ethyl adjacent to an activating group) is 1. The van der Waals surface area contributed by atoms with Crippen molar-refractivity contribution in [2.75, 3.05) is 44.7 Å². The lowest BCUT2D eigenvalue weighted by Crippen LogP contribution is -2.49. The van der Waals surface area contributed by atoms with Gasteiger partial charge in [0.05, 0.1) is 22.2 Å². The highest BCUT2D eigenvalue weighted by Gasteiger charge is 2.42. The van der Waals surface area contributed by atoms with E-state index in [9.17, 15) is 13.2 Å². The van der Waals surface area contributed by atoms with Crippen LogP contribution < -0.4 is 9.64 Å². The standard InChI is InChI=1S/C25H31ClN4O4S2/c1-4-28(5-2)15-16-29(25-27-21-13-8-18(26)17-23(21)35-25)24(31)22-7-6-14-30(22)36(32,33)20-11-9-19(34-3)10-12-20/h8-13,17,22H,4-7,14-16H2,1-3H3. The van der Waals surface area contributed by atoms with Gasteiger partial charge in [-0.2, -0.15) is 4.31 Å². The fourth-order valence-electron chi connectivity index (χ4n) is 4.42. The van der Waals surface area contributed by atoms with Gasteiger partial charge in [-0.15, -0.1) is 0 Å². The fourth-order valence-corrected chi connectivity index (χ4v) is 7.34. The van der Waals surface area contributed by atoms with Crippen LogP contribution in [0.25, 0.3) is 10.2 Å². The van der Waals surface area contributed by atoms with Gasteiger partial charge in [0.1, 0.15) is 11.8 Å². The first-order valence-electron chi connectivity index (χ1n) is 12.0. The molecule has 0 bridgehead atoms. The van der Waals surface area contributed by atoms with Gasteiger partial charge < -0.3 is 9.64 Å². The summed E-state index contributed by atoms with van der Waals surface area (Å²) in [5.41, 5.74) is 0.758. The summed E-state index contributed by atoms with van der Waals surface area (Å²) in [7, 11) is -2.33. The summed E-state index contributed by atoms with van der Waals surface area (Å²) >= 11 is 7.56. The number of ether oxygens (including phenoxy) is 1.